The predicted molar refractivity (Wildman–Crippen MR) is 132 cm³/mol. The van der Waals surface area contributed by atoms with Gasteiger partial charge in [0, 0.05) is 18.8 Å². The molecule has 1 aliphatic carbocycles. The summed E-state index contributed by atoms with van der Waals surface area (Å²) in [6.45, 7) is 0.733. The molecule has 0 aromatic carbocycles. The molecule has 0 radical (unpaired) electrons. The maximum Gasteiger partial charge on any atom is 0.245 e. The first-order chi connectivity index (χ1) is 16.2. The maximum absolute atomic E-state index is 13.1. The molecule has 2 aromatic rings. The number of hydrogen-bond donors (Lipinski definition) is 1. The zero-order valence-electron chi connectivity index (χ0n) is 19.1. The monoisotopic (exact) mass is 525 g/mol. The highest BCUT2D eigenvalue weighted by atomic mass is 35.5. The fourth-order valence-corrected chi connectivity index (χ4v) is 5.89. The second-order valence-electron chi connectivity index (χ2n) is 9.17. The fourth-order valence-electron chi connectivity index (χ4n) is 4.92. The normalized spacial score (nSPS) is 23.7. The molecule has 0 spiro atoms. The minimum Gasteiger partial charge on any atom is -0.372 e. The Morgan fingerprint density at radius 3 is 2.62 bits per heavy atom. The lowest BCUT2D eigenvalue weighted by Crippen LogP contribution is -2.40. The largest absolute Gasteiger partial charge is 0.372 e. The van der Waals surface area contributed by atoms with Gasteiger partial charge in [-0.05, 0) is 56.6 Å². The molecule has 1 aliphatic heterocycles. The van der Waals surface area contributed by atoms with Gasteiger partial charge in [-0.15, -0.1) is 0 Å². The molecule has 4 rings (SSSR count). The lowest BCUT2D eigenvalue weighted by molar-refractivity contribution is -0.130. The molecule has 11 heteroatoms. The molecular weight excluding hydrogens is 497 g/mol. The van der Waals surface area contributed by atoms with Gasteiger partial charge in [0.1, 0.15) is 11.2 Å². The van der Waals surface area contributed by atoms with Crippen molar-refractivity contribution in [3.8, 4) is 0 Å². The highest BCUT2D eigenvalue weighted by Gasteiger charge is 2.36. The fraction of sp³-hybridized carbons (Fsp3) is 0.565. The molecule has 2 fully saturated rings. The SMILES string of the molecule is CS(=O)(=O)c1ccc(NC2CCN(C3CCCC(CCc4ncc(Cl)nc4Cl)CC3)C2=O)cn1. The van der Waals surface area contributed by atoms with Gasteiger partial charge in [0.2, 0.25) is 5.91 Å². The van der Waals surface area contributed by atoms with Crippen molar-refractivity contribution in [2.75, 3.05) is 18.1 Å². The Morgan fingerprint density at radius 2 is 1.91 bits per heavy atom. The molecule has 1 saturated carbocycles. The third-order valence-electron chi connectivity index (χ3n) is 6.76. The molecule has 2 aliphatic rings. The van der Waals surface area contributed by atoms with Crippen LogP contribution in [-0.4, -0.2) is 59.1 Å². The van der Waals surface area contributed by atoms with Crippen LogP contribution in [-0.2, 0) is 21.1 Å². The second kappa shape index (κ2) is 10.7. The van der Waals surface area contributed by atoms with Crippen molar-refractivity contribution >= 4 is 44.6 Å². The first-order valence-electron chi connectivity index (χ1n) is 11.6. The Bertz CT molecular complexity index is 1130. The van der Waals surface area contributed by atoms with Crippen LogP contribution in [0.3, 0.4) is 0 Å². The number of sulfone groups is 1. The average Bonchev–Trinajstić information content (AvgIpc) is 2.99. The Hall–Kier alpha value is -1.97. The summed E-state index contributed by atoms with van der Waals surface area (Å²) in [5.41, 5.74) is 1.44. The van der Waals surface area contributed by atoms with E-state index in [1.807, 2.05) is 4.90 Å². The third kappa shape index (κ3) is 6.17. The number of anilines is 1. The van der Waals surface area contributed by atoms with Gasteiger partial charge in [0.15, 0.2) is 20.0 Å². The zero-order chi connectivity index (χ0) is 24.3. The molecule has 3 unspecified atom stereocenters. The van der Waals surface area contributed by atoms with Crippen molar-refractivity contribution in [3.63, 3.8) is 0 Å². The van der Waals surface area contributed by atoms with Crippen LogP contribution in [0.1, 0.15) is 50.6 Å². The van der Waals surface area contributed by atoms with Gasteiger partial charge in [-0.2, -0.15) is 0 Å². The van der Waals surface area contributed by atoms with Crippen molar-refractivity contribution in [3.05, 3.63) is 40.5 Å². The number of likely N-dealkylation sites (tertiary alicyclic amines) is 1. The number of carbonyl (C=O) groups excluding carboxylic acids is 1. The number of aromatic nitrogens is 3. The number of carbonyl (C=O) groups is 1. The molecule has 3 atom stereocenters. The van der Waals surface area contributed by atoms with Crippen LogP contribution in [0.5, 0.6) is 0 Å². The number of halogens is 2. The predicted octanol–water partition coefficient (Wildman–Crippen LogP) is 4.18. The highest BCUT2D eigenvalue weighted by molar-refractivity contribution is 7.90. The van der Waals surface area contributed by atoms with Gasteiger partial charge in [0.05, 0.1) is 23.8 Å². The van der Waals surface area contributed by atoms with Gasteiger partial charge >= 0.3 is 0 Å². The molecule has 1 N–H and O–H groups in total. The average molecular weight is 526 g/mol. The van der Waals surface area contributed by atoms with E-state index in [2.05, 4.69) is 20.3 Å². The molecule has 1 saturated heterocycles. The number of aryl methyl sites for hydroxylation is 1. The Labute approximate surface area is 210 Å². The quantitative estimate of drug-likeness (QED) is 0.540. The Morgan fingerprint density at radius 1 is 1.09 bits per heavy atom. The van der Waals surface area contributed by atoms with Crippen molar-refractivity contribution in [2.45, 2.75) is 68.5 Å². The summed E-state index contributed by atoms with van der Waals surface area (Å²) in [5.74, 6) is 0.684. The molecule has 0 bridgehead atoms. The summed E-state index contributed by atoms with van der Waals surface area (Å²) in [6.07, 6.45) is 11.9. The van der Waals surface area contributed by atoms with E-state index in [4.69, 9.17) is 23.2 Å². The minimum absolute atomic E-state index is 0.0239. The summed E-state index contributed by atoms with van der Waals surface area (Å²) < 4.78 is 23.2. The summed E-state index contributed by atoms with van der Waals surface area (Å²) in [4.78, 5) is 27.5. The van der Waals surface area contributed by atoms with Crippen molar-refractivity contribution in [2.24, 2.45) is 5.92 Å². The molecule has 3 heterocycles. The van der Waals surface area contributed by atoms with Crippen LogP contribution in [0.2, 0.25) is 10.3 Å². The smallest absolute Gasteiger partial charge is 0.245 e. The summed E-state index contributed by atoms with van der Waals surface area (Å²) >= 11 is 12.0. The molecule has 184 valence electrons. The maximum atomic E-state index is 13.1. The lowest BCUT2D eigenvalue weighted by Gasteiger charge is -2.27. The number of nitrogens with one attached hydrogen (secondary N) is 1. The van der Waals surface area contributed by atoms with Crippen LogP contribution >= 0.6 is 23.2 Å². The van der Waals surface area contributed by atoms with Gasteiger partial charge in [-0.25, -0.2) is 18.4 Å². The van der Waals surface area contributed by atoms with E-state index in [0.29, 0.717) is 21.9 Å². The van der Waals surface area contributed by atoms with E-state index in [1.54, 1.807) is 6.07 Å². The van der Waals surface area contributed by atoms with E-state index >= 15 is 0 Å². The van der Waals surface area contributed by atoms with Crippen molar-refractivity contribution in [1.82, 2.24) is 19.9 Å². The van der Waals surface area contributed by atoms with Crippen LogP contribution in [0.15, 0.2) is 29.6 Å². The number of hydrogen-bond acceptors (Lipinski definition) is 7. The van der Waals surface area contributed by atoms with E-state index in [1.165, 1.54) is 18.5 Å². The minimum atomic E-state index is -3.35. The van der Waals surface area contributed by atoms with Crippen LogP contribution in [0.4, 0.5) is 5.69 Å². The van der Waals surface area contributed by atoms with Crippen molar-refractivity contribution in [1.29, 1.82) is 0 Å². The van der Waals surface area contributed by atoms with E-state index < -0.39 is 9.84 Å². The van der Waals surface area contributed by atoms with Gasteiger partial charge in [-0.1, -0.05) is 36.0 Å². The standard InChI is InChI=1S/C23H29Cl2N5O3S/c1-34(32,33)21-10-7-16(13-27-21)28-19-11-12-30(23(19)31)17-4-2-3-15(5-8-17)6-9-18-22(25)29-20(24)14-26-18/h7,10,13-15,17,19,28H,2-6,8-9,11-12H2,1H3. The summed E-state index contributed by atoms with van der Waals surface area (Å²) in [6, 6.07) is 3.07. The molecule has 34 heavy (non-hydrogen) atoms. The second-order valence-corrected chi connectivity index (χ2v) is 11.9. The first kappa shape index (κ1) is 25.1. The Kier molecular flexibility index (Phi) is 7.94. The van der Waals surface area contributed by atoms with Gasteiger partial charge < -0.3 is 10.2 Å². The highest BCUT2D eigenvalue weighted by Crippen LogP contribution is 2.32. The molecule has 2 aromatic heterocycles. The topological polar surface area (TPSA) is 105 Å². The lowest BCUT2D eigenvalue weighted by atomic mass is 9.94. The summed E-state index contributed by atoms with van der Waals surface area (Å²) in [7, 11) is -3.35. The van der Waals surface area contributed by atoms with Crippen LogP contribution in [0, 0.1) is 5.92 Å². The van der Waals surface area contributed by atoms with Gasteiger partial charge in [-0.3, -0.25) is 9.78 Å². The number of rotatable bonds is 7. The number of amides is 1. The van der Waals surface area contributed by atoms with E-state index in [-0.39, 0.29) is 23.0 Å². The molecule has 8 nitrogen and oxygen atoms in total. The number of pyridine rings is 1. The third-order valence-corrected chi connectivity index (χ3v) is 8.24. The Balaban J connectivity index is 1.29. The first-order valence-corrected chi connectivity index (χ1v) is 14.3. The zero-order valence-corrected chi connectivity index (χ0v) is 21.4. The molecular formula is C23H29Cl2N5O3S. The van der Waals surface area contributed by atoms with E-state index in [9.17, 15) is 13.2 Å². The molecule has 1 amide bonds. The van der Waals surface area contributed by atoms with E-state index in [0.717, 1.165) is 69.9 Å². The summed E-state index contributed by atoms with van der Waals surface area (Å²) in [5, 5.41) is 3.93. The van der Waals surface area contributed by atoms with Gasteiger partial charge in [0.25, 0.3) is 0 Å². The van der Waals surface area contributed by atoms with Crippen LogP contribution < -0.4 is 5.32 Å². The van der Waals surface area contributed by atoms with Crippen molar-refractivity contribution < 1.29 is 13.2 Å². The van der Waals surface area contributed by atoms with Crippen LogP contribution in [0.25, 0.3) is 0 Å². The number of nitrogens with zero attached hydrogens (tertiary/aromatic N) is 4.